The fraction of sp³-hybridized carbons (Fsp3) is 0.600. The summed E-state index contributed by atoms with van der Waals surface area (Å²) in [6.45, 7) is 2.30. The Kier molecular flexibility index (Phi) is 6.07. The summed E-state index contributed by atoms with van der Waals surface area (Å²) in [4.78, 5) is 26.4. The standard InChI is InChI=1S/C20H26ClNO4/c1-13-3-6-17(7-4-13)22(2)19(23)12-26-20(24)15-9-14-10-16(21)5-8-18(14)25-11-15/h5,8,10,13,15,17H,3-4,6-7,9,11-12H2,1-2H3/t13?,15-,17?/m1/s1. The number of carbonyl (C=O) groups is 2. The molecule has 26 heavy (non-hydrogen) atoms. The van der Waals surface area contributed by atoms with E-state index in [0.717, 1.165) is 42.9 Å². The van der Waals surface area contributed by atoms with Gasteiger partial charge in [-0.1, -0.05) is 18.5 Å². The number of esters is 1. The van der Waals surface area contributed by atoms with E-state index in [1.165, 1.54) is 0 Å². The number of amides is 1. The Labute approximate surface area is 159 Å². The van der Waals surface area contributed by atoms with Crippen molar-refractivity contribution in [2.45, 2.75) is 45.1 Å². The molecule has 0 unspecified atom stereocenters. The molecule has 0 aromatic heterocycles. The zero-order valence-corrected chi connectivity index (χ0v) is 16.1. The van der Waals surface area contributed by atoms with Gasteiger partial charge in [0, 0.05) is 18.1 Å². The molecule has 3 rings (SSSR count). The van der Waals surface area contributed by atoms with E-state index in [2.05, 4.69) is 6.92 Å². The number of fused-ring (bicyclic) bond motifs is 1. The average molecular weight is 380 g/mol. The summed E-state index contributed by atoms with van der Waals surface area (Å²) in [5, 5.41) is 0.611. The predicted molar refractivity (Wildman–Crippen MR) is 99.3 cm³/mol. The molecule has 1 aromatic rings. The summed E-state index contributed by atoms with van der Waals surface area (Å²) in [6, 6.07) is 5.63. The lowest BCUT2D eigenvalue weighted by Gasteiger charge is -2.33. The molecular weight excluding hydrogens is 354 g/mol. The minimum absolute atomic E-state index is 0.141. The van der Waals surface area contributed by atoms with E-state index in [1.54, 1.807) is 24.1 Å². The largest absolute Gasteiger partial charge is 0.492 e. The van der Waals surface area contributed by atoms with Crippen LogP contribution in [0.25, 0.3) is 0 Å². The lowest BCUT2D eigenvalue weighted by molar-refractivity contribution is -0.157. The van der Waals surface area contributed by atoms with E-state index in [-0.39, 0.29) is 25.2 Å². The van der Waals surface area contributed by atoms with Crippen molar-refractivity contribution in [3.8, 4) is 5.75 Å². The summed E-state index contributed by atoms with van der Waals surface area (Å²) >= 11 is 6.00. The van der Waals surface area contributed by atoms with Crippen molar-refractivity contribution in [3.63, 3.8) is 0 Å². The second-order valence-corrected chi connectivity index (χ2v) is 7.93. The Bertz CT molecular complexity index is 670. The quantitative estimate of drug-likeness (QED) is 0.751. The van der Waals surface area contributed by atoms with Crippen LogP contribution in [0.4, 0.5) is 0 Å². The Hall–Kier alpha value is -1.75. The molecule has 0 bridgehead atoms. The summed E-state index contributed by atoms with van der Waals surface area (Å²) < 4.78 is 10.9. The first-order chi connectivity index (χ1) is 12.4. The highest BCUT2D eigenvalue weighted by molar-refractivity contribution is 6.30. The minimum atomic E-state index is -0.408. The predicted octanol–water partition coefficient (Wildman–Crippen LogP) is 3.47. The van der Waals surface area contributed by atoms with E-state index in [1.807, 2.05) is 6.07 Å². The highest BCUT2D eigenvalue weighted by Crippen LogP contribution is 2.30. The number of hydrogen-bond acceptors (Lipinski definition) is 4. The maximum Gasteiger partial charge on any atom is 0.313 e. The van der Waals surface area contributed by atoms with Crippen LogP contribution in [-0.4, -0.2) is 43.1 Å². The molecule has 0 N–H and O–H groups in total. The van der Waals surface area contributed by atoms with Crippen LogP contribution in [0.15, 0.2) is 18.2 Å². The smallest absolute Gasteiger partial charge is 0.313 e. The molecule has 1 fully saturated rings. The Balaban J connectivity index is 1.48. The van der Waals surface area contributed by atoms with Crippen LogP contribution in [-0.2, 0) is 20.7 Å². The number of hydrogen-bond donors (Lipinski definition) is 0. The molecule has 142 valence electrons. The van der Waals surface area contributed by atoms with E-state index in [0.29, 0.717) is 11.4 Å². The first-order valence-electron chi connectivity index (χ1n) is 9.27. The van der Waals surface area contributed by atoms with Gasteiger partial charge in [0.2, 0.25) is 0 Å². The minimum Gasteiger partial charge on any atom is -0.492 e. The molecule has 0 spiro atoms. The van der Waals surface area contributed by atoms with Crippen LogP contribution in [0.3, 0.4) is 0 Å². The zero-order chi connectivity index (χ0) is 18.7. The lowest BCUT2D eigenvalue weighted by atomic mass is 9.87. The van der Waals surface area contributed by atoms with Gasteiger partial charge in [0.05, 0.1) is 5.92 Å². The summed E-state index contributed by atoms with van der Waals surface area (Å²) in [5.74, 6) is 0.540. The molecule has 0 saturated heterocycles. The van der Waals surface area contributed by atoms with Crippen LogP contribution in [0.2, 0.25) is 5.02 Å². The molecule has 0 radical (unpaired) electrons. The van der Waals surface area contributed by atoms with Crippen LogP contribution in [0, 0.1) is 11.8 Å². The first kappa shape index (κ1) is 19.0. The molecule has 1 aromatic carbocycles. The van der Waals surface area contributed by atoms with Crippen molar-refractivity contribution >= 4 is 23.5 Å². The van der Waals surface area contributed by atoms with Crippen LogP contribution in [0.5, 0.6) is 5.75 Å². The third kappa shape index (κ3) is 4.50. The van der Waals surface area contributed by atoms with Gasteiger partial charge in [-0.2, -0.15) is 0 Å². The summed E-state index contributed by atoms with van der Waals surface area (Å²) in [6.07, 6.45) is 4.84. The summed E-state index contributed by atoms with van der Waals surface area (Å²) in [5.41, 5.74) is 0.894. The number of rotatable bonds is 4. The Morgan fingerprint density at radius 3 is 2.73 bits per heavy atom. The number of nitrogens with zero attached hydrogens (tertiary/aromatic N) is 1. The first-order valence-corrected chi connectivity index (χ1v) is 9.65. The average Bonchev–Trinajstić information content (AvgIpc) is 2.65. The highest BCUT2D eigenvalue weighted by atomic mass is 35.5. The van der Waals surface area contributed by atoms with Crippen molar-refractivity contribution in [1.82, 2.24) is 4.90 Å². The van der Waals surface area contributed by atoms with E-state index in [9.17, 15) is 9.59 Å². The SMILES string of the molecule is CC1CCC(N(C)C(=O)COC(=O)[C@H]2COc3ccc(Cl)cc3C2)CC1. The monoisotopic (exact) mass is 379 g/mol. The van der Waals surface area contributed by atoms with Gasteiger partial charge in [0.15, 0.2) is 6.61 Å². The third-order valence-corrected chi connectivity index (χ3v) is 5.76. The number of ether oxygens (including phenoxy) is 2. The molecule has 6 heteroatoms. The van der Waals surface area contributed by atoms with Crippen molar-refractivity contribution in [1.29, 1.82) is 0 Å². The lowest BCUT2D eigenvalue weighted by Crippen LogP contribution is -2.42. The molecular formula is C20H26ClNO4. The van der Waals surface area contributed by atoms with Crippen molar-refractivity contribution in [2.24, 2.45) is 11.8 Å². The molecule has 1 amide bonds. The van der Waals surface area contributed by atoms with Gasteiger partial charge in [0.1, 0.15) is 12.4 Å². The third-order valence-electron chi connectivity index (χ3n) is 5.53. The molecule has 5 nitrogen and oxygen atoms in total. The number of halogens is 1. The van der Waals surface area contributed by atoms with E-state index < -0.39 is 11.9 Å². The van der Waals surface area contributed by atoms with Crippen molar-refractivity contribution in [2.75, 3.05) is 20.3 Å². The molecule has 1 aliphatic heterocycles. The van der Waals surface area contributed by atoms with Gasteiger partial charge in [-0.3, -0.25) is 9.59 Å². The molecule has 1 atom stereocenters. The van der Waals surface area contributed by atoms with Crippen LogP contribution < -0.4 is 4.74 Å². The van der Waals surface area contributed by atoms with Gasteiger partial charge >= 0.3 is 5.97 Å². The fourth-order valence-electron chi connectivity index (χ4n) is 3.70. The molecule has 2 aliphatic rings. The molecule has 1 aliphatic carbocycles. The number of carbonyl (C=O) groups excluding carboxylic acids is 2. The molecule has 1 heterocycles. The second-order valence-electron chi connectivity index (χ2n) is 7.49. The molecule has 1 saturated carbocycles. The zero-order valence-electron chi connectivity index (χ0n) is 15.4. The number of benzene rings is 1. The van der Waals surface area contributed by atoms with Gasteiger partial charge in [-0.15, -0.1) is 0 Å². The van der Waals surface area contributed by atoms with Gasteiger partial charge < -0.3 is 14.4 Å². The van der Waals surface area contributed by atoms with Gasteiger partial charge in [-0.25, -0.2) is 0 Å². The Morgan fingerprint density at radius 1 is 1.27 bits per heavy atom. The van der Waals surface area contributed by atoms with Gasteiger partial charge in [-0.05, 0) is 61.8 Å². The number of likely N-dealkylation sites (N-methyl/N-ethyl adjacent to an activating group) is 1. The van der Waals surface area contributed by atoms with Gasteiger partial charge in [0.25, 0.3) is 5.91 Å². The van der Waals surface area contributed by atoms with Crippen molar-refractivity contribution < 1.29 is 19.1 Å². The maximum absolute atomic E-state index is 12.4. The summed E-state index contributed by atoms with van der Waals surface area (Å²) in [7, 11) is 1.80. The maximum atomic E-state index is 12.4. The fourth-order valence-corrected chi connectivity index (χ4v) is 3.90. The van der Waals surface area contributed by atoms with E-state index >= 15 is 0 Å². The van der Waals surface area contributed by atoms with E-state index in [4.69, 9.17) is 21.1 Å². The highest BCUT2D eigenvalue weighted by Gasteiger charge is 2.29. The van der Waals surface area contributed by atoms with Crippen LogP contribution in [0.1, 0.15) is 38.2 Å². The topological polar surface area (TPSA) is 55.8 Å². The van der Waals surface area contributed by atoms with Crippen molar-refractivity contribution in [3.05, 3.63) is 28.8 Å². The normalized spacial score (nSPS) is 25.0. The second kappa shape index (κ2) is 8.30. The van der Waals surface area contributed by atoms with Crippen LogP contribution >= 0.6 is 11.6 Å². The Morgan fingerprint density at radius 2 is 2.00 bits per heavy atom.